The number of rotatable bonds is 2. The summed E-state index contributed by atoms with van der Waals surface area (Å²) >= 11 is 0. The van der Waals surface area contributed by atoms with Gasteiger partial charge in [-0.1, -0.05) is 11.6 Å². The molecule has 3 heteroatoms. The Hall–Kier alpha value is -0.830. The van der Waals surface area contributed by atoms with Gasteiger partial charge in [-0.25, -0.2) is 0 Å². The number of ether oxygens (including phenoxy) is 1. The van der Waals surface area contributed by atoms with Crippen molar-refractivity contribution in [2.45, 2.75) is 31.8 Å². The fraction of sp³-hybridized carbons (Fsp3) is 0.727. The van der Waals surface area contributed by atoms with Gasteiger partial charge in [0, 0.05) is 7.11 Å². The van der Waals surface area contributed by atoms with Gasteiger partial charge in [-0.3, -0.25) is 4.79 Å². The number of fused-ring (bicyclic) bond motifs is 2. The Kier molecular flexibility index (Phi) is 2.14. The lowest BCUT2D eigenvalue weighted by Gasteiger charge is -2.47. The Balaban J connectivity index is 2.38. The largest absolute Gasteiger partial charge is 0.481 e. The number of methoxy groups -OCH3 is 1. The first kappa shape index (κ1) is 9.71. The van der Waals surface area contributed by atoms with E-state index in [2.05, 4.69) is 6.92 Å². The van der Waals surface area contributed by atoms with E-state index in [9.17, 15) is 4.79 Å². The first-order valence-electron chi connectivity index (χ1n) is 5.06. The number of aliphatic carboxylic acids is 1. The van der Waals surface area contributed by atoms with Crippen LogP contribution in [0.3, 0.4) is 0 Å². The van der Waals surface area contributed by atoms with Crippen LogP contribution in [0.1, 0.15) is 26.2 Å². The Labute approximate surface area is 83.8 Å². The molecule has 3 rings (SSSR count). The first-order chi connectivity index (χ1) is 6.59. The molecule has 3 aliphatic carbocycles. The monoisotopic (exact) mass is 196 g/mol. The molecule has 3 unspecified atom stereocenters. The number of hydrogen-bond acceptors (Lipinski definition) is 2. The molecule has 3 nitrogen and oxygen atoms in total. The Morgan fingerprint density at radius 2 is 2.43 bits per heavy atom. The standard InChI is InChI=1S/C11H16O3/c1-7-6-11(14-2)4-3-8(7)5-9(11)10(12)13/h6,8-9H,3-5H2,1-2H3,(H,12,13). The second-order valence-corrected chi connectivity index (χ2v) is 4.41. The molecular formula is C11H16O3. The highest BCUT2D eigenvalue weighted by atomic mass is 16.5. The highest BCUT2D eigenvalue weighted by Crippen LogP contribution is 2.48. The molecule has 0 aromatic heterocycles. The smallest absolute Gasteiger partial charge is 0.309 e. The zero-order chi connectivity index (χ0) is 10.3. The normalized spacial score (nSPS) is 40.9. The molecule has 0 aliphatic heterocycles. The van der Waals surface area contributed by atoms with Crippen LogP contribution in [0.15, 0.2) is 11.6 Å². The van der Waals surface area contributed by atoms with Crippen LogP contribution in [0.2, 0.25) is 0 Å². The van der Waals surface area contributed by atoms with Crippen molar-refractivity contribution < 1.29 is 14.6 Å². The Morgan fingerprint density at radius 1 is 1.71 bits per heavy atom. The molecule has 0 aromatic carbocycles. The lowest BCUT2D eigenvalue weighted by atomic mass is 9.63. The first-order valence-corrected chi connectivity index (χ1v) is 5.06. The summed E-state index contributed by atoms with van der Waals surface area (Å²) in [7, 11) is 1.62. The molecule has 78 valence electrons. The van der Waals surface area contributed by atoms with Crippen molar-refractivity contribution in [2.24, 2.45) is 11.8 Å². The summed E-state index contributed by atoms with van der Waals surface area (Å²) < 4.78 is 5.45. The van der Waals surface area contributed by atoms with Gasteiger partial charge in [0.1, 0.15) is 0 Å². The average Bonchev–Trinajstić information content (AvgIpc) is 2.18. The maximum Gasteiger partial charge on any atom is 0.309 e. The van der Waals surface area contributed by atoms with Crippen LogP contribution in [-0.4, -0.2) is 23.8 Å². The van der Waals surface area contributed by atoms with Crippen LogP contribution in [-0.2, 0) is 9.53 Å². The van der Waals surface area contributed by atoms with E-state index >= 15 is 0 Å². The number of carboxylic acids is 1. The molecule has 3 atom stereocenters. The minimum atomic E-state index is -0.722. The second kappa shape index (κ2) is 3.09. The van der Waals surface area contributed by atoms with Gasteiger partial charge < -0.3 is 9.84 Å². The highest BCUT2D eigenvalue weighted by Gasteiger charge is 2.50. The molecule has 0 amide bonds. The molecule has 0 aromatic rings. The Bertz CT molecular complexity index is 295. The third-order valence-electron chi connectivity index (χ3n) is 3.79. The topological polar surface area (TPSA) is 46.5 Å². The van der Waals surface area contributed by atoms with E-state index in [4.69, 9.17) is 9.84 Å². The van der Waals surface area contributed by atoms with E-state index in [0.717, 1.165) is 19.3 Å². The fourth-order valence-corrected chi connectivity index (χ4v) is 2.88. The molecule has 0 saturated heterocycles. The van der Waals surface area contributed by atoms with Crippen LogP contribution >= 0.6 is 0 Å². The minimum absolute atomic E-state index is 0.352. The third-order valence-corrected chi connectivity index (χ3v) is 3.79. The molecule has 0 radical (unpaired) electrons. The summed E-state index contributed by atoms with van der Waals surface area (Å²) in [5, 5.41) is 9.13. The molecular weight excluding hydrogens is 180 g/mol. The van der Waals surface area contributed by atoms with Crippen molar-refractivity contribution in [3.05, 3.63) is 11.6 Å². The van der Waals surface area contributed by atoms with E-state index in [1.165, 1.54) is 5.57 Å². The lowest BCUT2D eigenvalue weighted by molar-refractivity contribution is -0.157. The quantitative estimate of drug-likeness (QED) is 0.685. The number of carbonyl (C=O) groups is 1. The minimum Gasteiger partial charge on any atom is -0.481 e. The van der Waals surface area contributed by atoms with Crippen molar-refractivity contribution in [1.29, 1.82) is 0 Å². The van der Waals surface area contributed by atoms with Crippen molar-refractivity contribution in [2.75, 3.05) is 7.11 Å². The zero-order valence-corrected chi connectivity index (χ0v) is 8.62. The van der Waals surface area contributed by atoms with Crippen molar-refractivity contribution in [1.82, 2.24) is 0 Å². The van der Waals surface area contributed by atoms with E-state index in [1.54, 1.807) is 7.11 Å². The average molecular weight is 196 g/mol. The van der Waals surface area contributed by atoms with Crippen LogP contribution in [0.4, 0.5) is 0 Å². The van der Waals surface area contributed by atoms with Crippen LogP contribution in [0, 0.1) is 11.8 Å². The number of hydrogen-bond donors (Lipinski definition) is 1. The van der Waals surface area contributed by atoms with Gasteiger partial charge in [-0.15, -0.1) is 0 Å². The molecule has 3 aliphatic rings. The van der Waals surface area contributed by atoms with Crippen molar-refractivity contribution >= 4 is 5.97 Å². The number of allylic oxidation sites excluding steroid dienone is 1. The van der Waals surface area contributed by atoms with Gasteiger partial charge in [-0.2, -0.15) is 0 Å². The maximum absolute atomic E-state index is 11.1. The molecule has 1 fully saturated rings. The summed E-state index contributed by atoms with van der Waals surface area (Å²) in [6, 6.07) is 0. The third kappa shape index (κ3) is 1.19. The molecule has 2 bridgehead atoms. The van der Waals surface area contributed by atoms with Gasteiger partial charge in [0.05, 0.1) is 11.5 Å². The summed E-state index contributed by atoms with van der Waals surface area (Å²) in [5.74, 6) is -0.608. The van der Waals surface area contributed by atoms with Crippen LogP contribution in [0.5, 0.6) is 0 Å². The predicted octanol–water partition coefficient (Wildman–Crippen LogP) is 1.83. The summed E-state index contributed by atoms with van der Waals surface area (Å²) in [5.41, 5.74) is 0.778. The molecule has 0 heterocycles. The zero-order valence-electron chi connectivity index (χ0n) is 8.62. The van der Waals surface area contributed by atoms with E-state index < -0.39 is 11.6 Å². The van der Waals surface area contributed by atoms with E-state index in [0.29, 0.717) is 5.92 Å². The van der Waals surface area contributed by atoms with Gasteiger partial charge in [0.15, 0.2) is 0 Å². The number of carboxylic acid groups (broad SMARTS) is 1. The summed E-state index contributed by atoms with van der Waals surface area (Å²) in [6.45, 7) is 2.08. The van der Waals surface area contributed by atoms with Gasteiger partial charge in [0.25, 0.3) is 0 Å². The van der Waals surface area contributed by atoms with Gasteiger partial charge in [-0.05, 0) is 32.1 Å². The van der Waals surface area contributed by atoms with Gasteiger partial charge in [0.2, 0.25) is 0 Å². The highest BCUT2D eigenvalue weighted by molar-refractivity contribution is 5.73. The predicted molar refractivity (Wildman–Crippen MR) is 52.0 cm³/mol. The summed E-state index contributed by atoms with van der Waals surface area (Å²) in [6.07, 6.45) is 4.69. The van der Waals surface area contributed by atoms with Crippen molar-refractivity contribution in [3.8, 4) is 0 Å². The summed E-state index contributed by atoms with van der Waals surface area (Å²) in [4.78, 5) is 11.1. The second-order valence-electron chi connectivity index (χ2n) is 4.41. The van der Waals surface area contributed by atoms with E-state index in [-0.39, 0.29) is 5.92 Å². The molecule has 0 spiro atoms. The maximum atomic E-state index is 11.1. The fourth-order valence-electron chi connectivity index (χ4n) is 2.88. The molecule has 1 N–H and O–H groups in total. The Morgan fingerprint density at radius 3 is 2.93 bits per heavy atom. The lowest BCUT2D eigenvalue weighted by Crippen LogP contribution is -2.50. The van der Waals surface area contributed by atoms with Gasteiger partial charge >= 0.3 is 5.97 Å². The van der Waals surface area contributed by atoms with E-state index in [1.807, 2.05) is 6.08 Å². The van der Waals surface area contributed by atoms with Crippen LogP contribution in [0.25, 0.3) is 0 Å². The molecule has 1 saturated carbocycles. The molecule has 14 heavy (non-hydrogen) atoms. The van der Waals surface area contributed by atoms with Crippen molar-refractivity contribution in [3.63, 3.8) is 0 Å². The van der Waals surface area contributed by atoms with Crippen LogP contribution < -0.4 is 0 Å². The SMILES string of the molecule is COC12C=C(C)C(CC1)CC2C(=O)O.